The molecule has 1 atom stereocenters. The fraction of sp³-hybridized carbons (Fsp3) is 0.364. The number of nitrogens with zero attached hydrogens (tertiary/aromatic N) is 1. The smallest absolute Gasteiger partial charge is 0.244 e. The Morgan fingerprint density at radius 3 is 2.34 bits per heavy atom. The summed E-state index contributed by atoms with van der Waals surface area (Å²) in [5.74, 6) is 0.365. The average Bonchev–Trinajstić information content (AvgIpc) is 2.73. The second-order valence-corrected chi connectivity index (χ2v) is 7.18. The van der Waals surface area contributed by atoms with Crippen LogP contribution in [0.4, 0.5) is 5.69 Å². The Balaban J connectivity index is 0.00000300. The van der Waals surface area contributed by atoms with Crippen molar-refractivity contribution in [3.05, 3.63) is 59.7 Å². The third kappa shape index (κ3) is 5.49. The molecule has 29 heavy (non-hydrogen) atoms. The maximum atomic E-state index is 12.7. The summed E-state index contributed by atoms with van der Waals surface area (Å²) in [7, 11) is 1.58. The summed E-state index contributed by atoms with van der Waals surface area (Å²) in [6, 6.07) is 14.4. The van der Waals surface area contributed by atoms with Gasteiger partial charge in [0.15, 0.2) is 0 Å². The standard InChI is InChI=1S/C22H27N3O3.ClH/c1-15-7-9-16(10-8-15)20(23)22(27)25-13-11-17(12-14-25)21(26)24-18-5-3-4-6-19(18)28-2;/h3-10,17,20H,11-14,23H2,1-2H3,(H,24,26);1H. The zero-order valence-electron chi connectivity index (χ0n) is 16.8. The van der Waals surface area contributed by atoms with E-state index < -0.39 is 6.04 Å². The van der Waals surface area contributed by atoms with Crippen LogP contribution in [0.25, 0.3) is 0 Å². The van der Waals surface area contributed by atoms with Gasteiger partial charge in [0.2, 0.25) is 11.8 Å². The number of amides is 2. The highest BCUT2D eigenvalue weighted by atomic mass is 35.5. The van der Waals surface area contributed by atoms with Crippen LogP contribution in [-0.2, 0) is 9.59 Å². The maximum Gasteiger partial charge on any atom is 0.244 e. The van der Waals surface area contributed by atoms with Crippen LogP contribution in [0, 0.1) is 12.8 Å². The lowest BCUT2D eigenvalue weighted by Gasteiger charge is -2.33. The first-order valence-electron chi connectivity index (χ1n) is 9.54. The number of ether oxygens (including phenoxy) is 1. The van der Waals surface area contributed by atoms with Crippen molar-refractivity contribution in [2.75, 3.05) is 25.5 Å². The predicted molar refractivity (Wildman–Crippen MR) is 116 cm³/mol. The summed E-state index contributed by atoms with van der Waals surface area (Å²) >= 11 is 0. The Morgan fingerprint density at radius 1 is 1.10 bits per heavy atom. The first kappa shape index (κ1) is 22.7. The molecule has 1 heterocycles. The molecule has 0 radical (unpaired) electrons. The van der Waals surface area contributed by atoms with Crippen LogP contribution in [0.15, 0.2) is 48.5 Å². The minimum absolute atomic E-state index is 0. The number of nitrogens with two attached hydrogens (primary N) is 1. The van der Waals surface area contributed by atoms with Gasteiger partial charge in [-0.15, -0.1) is 12.4 Å². The number of carbonyl (C=O) groups excluding carboxylic acids is 2. The molecule has 1 aliphatic heterocycles. The molecule has 0 bridgehead atoms. The molecule has 0 aliphatic carbocycles. The minimum atomic E-state index is -0.667. The van der Waals surface area contributed by atoms with Gasteiger partial charge in [0.05, 0.1) is 12.8 Å². The van der Waals surface area contributed by atoms with E-state index in [4.69, 9.17) is 10.5 Å². The number of hydrogen-bond acceptors (Lipinski definition) is 4. The van der Waals surface area contributed by atoms with E-state index in [-0.39, 0.29) is 30.1 Å². The molecule has 7 heteroatoms. The molecule has 2 aromatic rings. The summed E-state index contributed by atoms with van der Waals surface area (Å²) < 4.78 is 5.28. The summed E-state index contributed by atoms with van der Waals surface area (Å²) in [6.07, 6.45) is 1.24. The van der Waals surface area contributed by atoms with Crippen molar-refractivity contribution in [1.29, 1.82) is 0 Å². The van der Waals surface area contributed by atoms with Crippen molar-refractivity contribution >= 4 is 29.9 Å². The van der Waals surface area contributed by atoms with Crippen molar-refractivity contribution in [3.8, 4) is 5.75 Å². The van der Waals surface area contributed by atoms with Gasteiger partial charge < -0.3 is 20.7 Å². The van der Waals surface area contributed by atoms with E-state index in [0.717, 1.165) is 11.1 Å². The molecular weight excluding hydrogens is 390 g/mol. The van der Waals surface area contributed by atoms with Gasteiger partial charge in [-0.1, -0.05) is 42.0 Å². The van der Waals surface area contributed by atoms with Gasteiger partial charge >= 0.3 is 0 Å². The van der Waals surface area contributed by atoms with Gasteiger partial charge in [0.25, 0.3) is 0 Å². The minimum Gasteiger partial charge on any atom is -0.495 e. The Bertz CT molecular complexity index is 833. The lowest BCUT2D eigenvalue weighted by atomic mass is 9.94. The van der Waals surface area contributed by atoms with Crippen LogP contribution in [0.2, 0.25) is 0 Å². The number of nitrogens with one attached hydrogen (secondary N) is 1. The van der Waals surface area contributed by atoms with Crippen LogP contribution in [-0.4, -0.2) is 36.9 Å². The van der Waals surface area contributed by atoms with Crippen molar-refractivity contribution in [1.82, 2.24) is 4.90 Å². The lowest BCUT2D eigenvalue weighted by molar-refractivity contribution is -0.135. The van der Waals surface area contributed by atoms with Gasteiger partial charge in [-0.05, 0) is 37.5 Å². The maximum absolute atomic E-state index is 12.7. The third-order valence-corrected chi connectivity index (χ3v) is 5.24. The summed E-state index contributed by atoms with van der Waals surface area (Å²) in [4.78, 5) is 27.1. The second-order valence-electron chi connectivity index (χ2n) is 7.18. The molecule has 3 rings (SSSR count). The molecule has 0 aromatic heterocycles. The SMILES string of the molecule is COc1ccccc1NC(=O)C1CCN(C(=O)C(N)c2ccc(C)cc2)CC1.Cl. The number of piperidine rings is 1. The van der Waals surface area contributed by atoms with E-state index in [9.17, 15) is 9.59 Å². The van der Waals surface area contributed by atoms with E-state index in [1.54, 1.807) is 12.0 Å². The predicted octanol–water partition coefficient (Wildman–Crippen LogP) is 3.30. The van der Waals surface area contributed by atoms with Gasteiger partial charge in [0.1, 0.15) is 11.8 Å². The molecule has 0 spiro atoms. The summed E-state index contributed by atoms with van der Waals surface area (Å²) in [5.41, 5.74) is 8.77. The topological polar surface area (TPSA) is 84.7 Å². The van der Waals surface area contributed by atoms with Crippen LogP contribution in [0.5, 0.6) is 5.75 Å². The summed E-state index contributed by atoms with van der Waals surface area (Å²) in [6.45, 7) is 3.06. The highest BCUT2D eigenvalue weighted by Gasteiger charge is 2.30. The third-order valence-electron chi connectivity index (χ3n) is 5.24. The fourth-order valence-corrected chi connectivity index (χ4v) is 3.46. The largest absolute Gasteiger partial charge is 0.495 e. The Hall–Kier alpha value is -2.57. The van der Waals surface area contributed by atoms with Crippen LogP contribution in [0.1, 0.15) is 30.0 Å². The molecule has 156 valence electrons. The summed E-state index contributed by atoms with van der Waals surface area (Å²) in [5, 5.41) is 2.94. The molecule has 3 N–H and O–H groups in total. The molecule has 1 fully saturated rings. The number of aryl methyl sites for hydroxylation is 1. The Morgan fingerprint density at radius 2 is 1.72 bits per heavy atom. The van der Waals surface area contributed by atoms with Crippen molar-refractivity contribution < 1.29 is 14.3 Å². The highest BCUT2D eigenvalue weighted by Crippen LogP contribution is 2.26. The molecule has 1 unspecified atom stereocenters. The number of carbonyl (C=O) groups is 2. The first-order chi connectivity index (χ1) is 13.5. The van der Waals surface area contributed by atoms with Gasteiger partial charge in [0, 0.05) is 19.0 Å². The number of benzene rings is 2. The molecule has 0 saturated carbocycles. The molecular formula is C22H28ClN3O3. The number of methoxy groups -OCH3 is 1. The molecule has 2 aromatic carbocycles. The van der Waals surface area contributed by atoms with Gasteiger partial charge in [-0.2, -0.15) is 0 Å². The van der Waals surface area contributed by atoms with E-state index in [2.05, 4.69) is 5.32 Å². The van der Waals surface area contributed by atoms with E-state index in [0.29, 0.717) is 37.4 Å². The molecule has 6 nitrogen and oxygen atoms in total. The monoisotopic (exact) mass is 417 g/mol. The van der Waals surface area contributed by atoms with E-state index in [1.165, 1.54) is 0 Å². The number of likely N-dealkylation sites (tertiary alicyclic amines) is 1. The fourth-order valence-electron chi connectivity index (χ4n) is 3.46. The molecule has 2 amide bonds. The van der Waals surface area contributed by atoms with E-state index in [1.807, 2.05) is 55.5 Å². The second kappa shape index (κ2) is 10.3. The van der Waals surface area contributed by atoms with Crippen LogP contribution >= 0.6 is 12.4 Å². The van der Waals surface area contributed by atoms with Crippen LogP contribution in [0.3, 0.4) is 0 Å². The van der Waals surface area contributed by atoms with E-state index >= 15 is 0 Å². The molecule has 1 saturated heterocycles. The quantitative estimate of drug-likeness (QED) is 0.781. The van der Waals surface area contributed by atoms with Gasteiger partial charge in [-0.25, -0.2) is 0 Å². The zero-order valence-corrected chi connectivity index (χ0v) is 17.6. The lowest BCUT2D eigenvalue weighted by Crippen LogP contribution is -2.45. The van der Waals surface area contributed by atoms with Crippen molar-refractivity contribution in [2.24, 2.45) is 11.7 Å². The Labute approximate surface area is 177 Å². The van der Waals surface area contributed by atoms with Crippen LogP contribution < -0.4 is 15.8 Å². The average molecular weight is 418 g/mol. The zero-order chi connectivity index (χ0) is 20.1. The van der Waals surface area contributed by atoms with Crippen molar-refractivity contribution in [3.63, 3.8) is 0 Å². The number of halogens is 1. The van der Waals surface area contributed by atoms with Crippen molar-refractivity contribution in [2.45, 2.75) is 25.8 Å². The number of anilines is 1. The number of rotatable bonds is 5. The first-order valence-corrected chi connectivity index (χ1v) is 9.54. The molecule has 1 aliphatic rings. The number of para-hydroxylation sites is 2. The highest BCUT2D eigenvalue weighted by molar-refractivity contribution is 5.94. The normalized spacial score (nSPS) is 15.2. The Kier molecular flexibility index (Phi) is 8.05. The van der Waals surface area contributed by atoms with Gasteiger partial charge in [-0.3, -0.25) is 9.59 Å². The number of hydrogen-bond donors (Lipinski definition) is 2.